The Balaban J connectivity index is 1.86. The van der Waals surface area contributed by atoms with E-state index in [2.05, 4.69) is 0 Å². The maximum atomic E-state index is 12.7. The first-order chi connectivity index (χ1) is 11.0. The summed E-state index contributed by atoms with van der Waals surface area (Å²) in [4.78, 5) is 11.6. The molecule has 0 saturated carbocycles. The topological polar surface area (TPSA) is 92.5 Å². The minimum absolute atomic E-state index is 0.172. The summed E-state index contributed by atoms with van der Waals surface area (Å²) >= 11 is 0. The molecule has 0 aromatic heterocycles. The number of carbonyl (C=O) groups is 1. The summed E-state index contributed by atoms with van der Waals surface area (Å²) in [5, 5.41) is 0. The normalized spacial score (nSPS) is 15.0. The van der Waals surface area contributed by atoms with Crippen LogP contribution in [-0.2, 0) is 23.0 Å². The van der Waals surface area contributed by atoms with E-state index in [1.165, 1.54) is 34.1 Å². The van der Waals surface area contributed by atoms with E-state index < -0.39 is 15.9 Å². The van der Waals surface area contributed by atoms with E-state index in [1.54, 1.807) is 0 Å². The minimum Gasteiger partial charge on any atom is -0.290 e. The molecule has 7 heteroatoms. The van der Waals surface area contributed by atoms with Gasteiger partial charge in [-0.1, -0.05) is 24.3 Å². The van der Waals surface area contributed by atoms with Crippen LogP contribution in [0.25, 0.3) is 0 Å². The molecule has 1 aliphatic rings. The standard InChI is InChI=1S/C16H17N3O3S/c17-18-16(20)13-5-7-15(8-6-13)23(21,22)19-10-9-12-3-1-2-4-14(12)11-19/h1-8H,9-11,17H2,(H,18,20). The van der Waals surface area contributed by atoms with Gasteiger partial charge < -0.3 is 0 Å². The number of nitrogen functional groups attached to an aromatic ring is 1. The first kappa shape index (κ1) is 15.7. The molecule has 0 fully saturated rings. The third-order valence-electron chi connectivity index (χ3n) is 3.98. The van der Waals surface area contributed by atoms with Crippen LogP contribution in [0.5, 0.6) is 0 Å². The van der Waals surface area contributed by atoms with Crippen molar-refractivity contribution in [3.8, 4) is 0 Å². The second kappa shape index (κ2) is 6.11. The fourth-order valence-corrected chi connectivity index (χ4v) is 4.10. The molecule has 1 heterocycles. The molecule has 0 bridgehead atoms. The van der Waals surface area contributed by atoms with Gasteiger partial charge in [-0.15, -0.1) is 0 Å². The molecule has 23 heavy (non-hydrogen) atoms. The number of nitrogens with zero attached hydrogens (tertiary/aromatic N) is 1. The number of nitrogens with one attached hydrogen (secondary N) is 1. The Morgan fingerprint density at radius 2 is 1.70 bits per heavy atom. The highest BCUT2D eigenvalue weighted by atomic mass is 32.2. The van der Waals surface area contributed by atoms with Crippen LogP contribution in [0.15, 0.2) is 53.4 Å². The summed E-state index contributed by atoms with van der Waals surface area (Å²) in [5.74, 6) is 4.61. The fraction of sp³-hybridized carbons (Fsp3) is 0.188. The number of fused-ring (bicyclic) bond motifs is 1. The highest BCUT2D eigenvalue weighted by molar-refractivity contribution is 7.89. The summed E-state index contributed by atoms with van der Waals surface area (Å²) in [5.41, 5.74) is 4.55. The molecule has 3 rings (SSSR count). The van der Waals surface area contributed by atoms with Crippen LogP contribution < -0.4 is 11.3 Å². The summed E-state index contributed by atoms with van der Waals surface area (Å²) in [6.45, 7) is 0.813. The average Bonchev–Trinajstić information content (AvgIpc) is 2.60. The van der Waals surface area contributed by atoms with E-state index in [0.29, 0.717) is 25.1 Å². The van der Waals surface area contributed by atoms with E-state index in [0.717, 1.165) is 5.56 Å². The summed E-state index contributed by atoms with van der Waals surface area (Å²) < 4.78 is 27.0. The van der Waals surface area contributed by atoms with Gasteiger partial charge in [0.05, 0.1) is 4.90 Å². The minimum atomic E-state index is -3.58. The van der Waals surface area contributed by atoms with Crippen LogP contribution in [-0.4, -0.2) is 25.2 Å². The second-order valence-corrected chi connectivity index (χ2v) is 7.29. The van der Waals surface area contributed by atoms with Crippen molar-refractivity contribution in [1.82, 2.24) is 9.73 Å². The quantitative estimate of drug-likeness (QED) is 0.499. The SMILES string of the molecule is NNC(=O)c1ccc(S(=O)(=O)N2CCc3ccccc3C2)cc1. The van der Waals surface area contributed by atoms with Gasteiger partial charge in [0.25, 0.3) is 5.91 Å². The molecule has 1 aliphatic heterocycles. The largest absolute Gasteiger partial charge is 0.290 e. The number of benzene rings is 2. The van der Waals surface area contributed by atoms with Crippen molar-refractivity contribution in [3.05, 3.63) is 65.2 Å². The molecular weight excluding hydrogens is 314 g/mol. The van der Waals surface area contributed by atoms with E-state index in [4.69, 9.17) is 5.84 Å². The summed E-state index contributed by atoms with van der Waals surface area (Å²) in [6, 6.07) is 13.6. The van der Waals surface area contributed by atoms with Crippen molar-refractivity contribution < 1.29 is 13.2 Å². The van der Waals surface area contributed by atoms with Crippen LogP contribution in [0.4, 0.5) is 0 Å². The first-order valence-electron chi connectivity index (χ1n) is 7.20. The number of nitrogens with two attached hydrogens (primary N) is 1. The monoisotopic (exact) mass is 331 g/mol. The van der Waals surface area contributed by atoms with Gasteiger partial charge in [0.1, 0.15) is 0 Å². The molecular formula is C16H17N3O3S. The summed E-state index contributed by atoms with van der Waals surface area (Å²) in [6.07, 6.45) is 0.697. The van der Waals surface area contributed by atoms with Crippen molar-refractivity contribution in [2.75, 3.05) is 6.54 Å². The molecule has 0 atom stereocenters. The van der Waals surface area contributed by atoms with E-state index in [9.17, 15) is 13.2 Å². The van der Waals surface area contributed by atoms with Gasteiger partial charge >= 0.3 is 0 Å². The number of sulfonamides is 1. The molecule has 0 aliphatic carbocycles. The zero-order chi connectivity index (χ0) is 16.4. The lowest BCUT2D eigenvalue weighted by atomic mass is 10.0. The maximum Gasteiger partial charge on any atom is 0.265 e. The van der Waals surface area contributed by atoms with Gasteiger partial charge in [-0.05, 0) is 41.8 Å². The smallest absolute Gasteiger partial charge is 0.265 e. The lowest BCUT2D eigenvalue weighted by molar-refractivity contribution is 0.0953. The number of hydrazine groups is 1. The highest BCUT2D eigenvalue weighted by Gasteiger charge is 2.28. The molecule has 0 saturated heterocycles. The number of carbonyl (C=O) groups excluding carboxylic acids is 1. The van der Waals surface area contributed by atoms with Crippen molar-refractivity contribution >= 4 is 15.9 Å². The third-order valence-corrected chi connectivity index (χ3v) is 5.84. The van der Waals surface area contributed by atoms with E-state index in [1.807, 2.05) is 29.7 Å². The number of amides is 1. The molecule has 0 unspecified atom stereocenters. The predicted octanol–water partition coefficient (Wildman–Crippen LogP) is 1.04. The zero-order valence-electron chi connectivity index (χ0n) is 12.4. The molecule has 2 aromatic rings. The Kier molecular flexibility index (Phi) is 4.16. The summed E-state index contributed by atoms with van der Waals surface area (Å²) in [7, 11) is -3.58. The second-order valence-electron chi connectivity index (χ2n) is 5.36. The molecule has 3 N–H and O–H groups in total. The van der Waals surface area contributed by atoms with Gasteiger partial charge in [0, 0.05) is 18.7 Å². The van der Waals surface area contributed by atoms with Crippen LogP contribution in [0.1, 0.15) is 21.5 Å². The molecule has 0 spiro atoms. The van der Waals surface area contributed by atoms with Crippen LogP contribution in [0.3, 0.4) is 0 Å². The Labute approximate surface area is 134 Å². The van der Waals surface area contributed by atoms with E-state index >= 15 is 0 Å². The van der Waals surface area contributed by atoms with Crippen LogP contribution in [0, 0.1) is 0 Å². The third kappa shape index (κ3) is 2.98. The average molecular weight is 331 g/mol. The lowest BCUT2D eigenvalue weighted by Crippen LogP contribution is -2.36. The van der Waals surface area contributed by atoms with Gasteiger partial charge in [-0.25, -0.2) is 14.3 Å². The van der Waals surface area contributed by atoms with Gasteiger partial charge in [0.15, 0.2) is 0 Å². The van der Waals surface area contributed by atoms with Crippen molar-refractivity contribution in [1.29, 1.82) is 0 Å². The van der Waals surface area contributed by atoms with E-state index in [-0.39, 0.29) is 4.90 Å². The Bertz CT molecular complexity index is 832. The lowest BCUT2D eigenvalue weighted by Gasteiger charge is -2.28. The van der Waals surface area contributed by atoms with Crippen molar-refractivity contribution in [3.63, 3.8) is 0 Å². The first-order valence-corrected chi connectivity index (χ1v) is 8.64. The van der Waals surface area contributed by atoms with Crippen molar-refractivity contribution in [2.24, 2.45) is 5.84 Å². The van der Waals surface area contributed by atoms with Gasteiger partial charge in [-0.2, -0.15) is 4.31 Å². The molecule has 2 aromatic carbocycles. The van der Waals surface area contributed by atoms with Gasteiger partial charge in [-0.3, -0.25) is 10.2 Å². The fourth-order valence-electron chi connectivity index (χ4n) is 2.69. The molecule has 0 radical (unpaired) electrons. The molecule has 6 nitrogen and oxygen atoms in total. The molecule has 120 valence electrons. The number of rotatable bonds is 3. The maximum absolute atomic E-state index is 12.7. The predicted molar refractivity (Wildman–Crippen MR) is 85.8 cm³/mol. The van der Waals surface area contributed by atoms with Crippen LogP contribution >= 0.6 is 0 Å². The Hall–Kier alpha value is -2.22. The van der Waals surface area contributed by atoms with Crippen molar-refractivity contribution in [2.45, 2.75) is 17.9 Å². The highest BCUT2D eigenvalue weighted by Crippen LogP contribution is 2.24. The molecule has 1 amide bonds. The zero-order valence-corrected chi connectivity index (χ0v) is 13.2. The Morgan fingerprint density at radius 3 is 2.35 bits per heavy atom. The number of hydrogen-bond donors (Lipinski definition) is 2. The number of hydrogen-bond acceptors (Lipinski definition) is 4. The van der Waals surface area contributed by atoms with Crippen LogP contribution in [0.2, 0.25) is 0 Å². The van der Waals surface area contributed by atoms with Gasteiger partial charge in [0.2, 0.25) is 10.0 Å². The Morgan fingerprint density at radius 1 is 1.04 bits per heavy atom.